The van der Waals surface area contributed by atoms with Crippen LogP contribution in [0.4, 0.5) is 24.7 Å². The van der Waals surface area contributed by atoms with Gasteiger partial charge in [0, 0.05) is 43.0 Å². The van der Waals surface area contributed by atoms with Crippen molar-refractivity contribution < 1.29 is 22.7 Å². The van der Waals surface area contributed by atoms with Crippen LogP contribution in [0.3, 0.4) is 0 Å². The van der Waals surface area contributed by atoms with Crippen molar-refractivity contribution in [3.63, 3.8) is 0 Å². The first-order valence-corrected chi connectivity index (χ1v) is 10.5. The molecule has 0 saturated carbocycles. The summed E-state index contributed by atoms with van der Waals surface area (Å²) in [6.07, 6.45) is 0.393. The Morgan fingerprint density at radius 2 is 2.06 bits per heavy atom. The molecule has 174 valence electrons. The molecular weight excluding hydrogens is 447 g/mol. The summed E-state index contributed by atoms with van der Waals surface area (Å²) in [5, 5.41) is 11.6. The molecule has 0 unspecified atom stereocenters. The van der Waals surface area contributed by atoms with Gasteiger partial charge in [-0.3, -0.25) is 9.78 Å². The zero-order valence-corrected chi connectivity index (χ0v) is 18.1. The molecule has 3 aromatic rings. The highest BCUT2D eigenvalue weighted by Gasteiger charge is 2.31. The van der Waals surface area contributed by atoms with Crippen LogP contribution >= 0.6 is 0 Å². The lowest BCUT2D eigenvalue weighted by molar-refractivity contribution is -0.274. The number of halogens is 3. The highest BCUT2D eigenvalue weighted by Crippen LogP contribution is 2.33. The van der Waals surface area contributed by atoms with Crippen molar-refractivity contribution in [3.8, 4) is 11.8 Å². The minimum atomic E-state index is -4.84. The molecule has 7 nitrogen and oxygen atoms in total. The first-order chi connectivity index (χ1) is 16.2. The summed E-state index contributed by atoms with van der Waals surface area (Å²) in [7, 11) is 0. The number of aryl methyl sites for hydroxylation is 1. The molecule has 1 N–H and O–H groups in total. The third-order valence-corrected chi connectivity index (χ3v) is 5.59. The van der Waals surface area contributed by atoms with Gasteiger partial charge in [-0.1, -0.05) is 6.07 Å². The van der Waals surface area contributed by atoms with E-state index in [0.29, 0.717) is 17.7 Å². The maximum atomic E-state index is 12.8. The molecule has 34 heavy (non-hydrogen) atoms. The van der Waals surface area contributed by atoms with Gasteiger partial charge in [0.15, 0.2) is 0 Å². The Bertz CT molecular complexity index is 1260. The Balaban J connectivity index is 1.49. The summed E-state index contributed by atoms with van der Waals surface area (Å²) in [4.78, 5) is 23.0. The fraction of sp³-hybridized carbons (Fsp3) is 0.250. The summed E-state index contributed by atoms with van der Waals surface area (Å²) in [5.74, 6) is -0.840. The summed E-state index contributed by atoms with van der Waals surface area (Å²) in [5.41, 5.74) is 3.79. The van der Waals surface area contributed by atoms with E-state index in [4.69, 9.17) is 5.26 Å². The van der Waals surface area contributed by atoms with E-state index in [1.54, 1.807) is 24.4 Å². The zero-order valence-electron chi connectivity index (χ0n) is 18.1. The van der Waals surface area contributed by atoms with Gasteiger partial charge in [-0.2, -0.15) is 5.26 Å². The van der Waals surface area contributed by atoms with Gasteiger partial charge in [0.05, 0.1) is 17.4 Å². The van der Waals surface area contributed by atoms with Crippen molar-refractivity contribution in [1.29, 1.82) is 5.26 Å². The summed E-state index contributed by atoms with van der Waals surface area (Å²) >= 11 is 0. The average Bonchev–Trinajstić information content (AvgIpc) is 3.28. The second-order valence-corrected chi connectivity index (χ2v) is 7.93. The topological polar surface area (TPSA) is 91.1 Å². The predicted molar refractivity (Wildman–Crippen MR) is 119 cm³/mol. The third-order valence-electron chi connectivity index (χ3n) is 5.59. The number of anilines is 2. The van der Waals surface area contributed by atoms with Crippen molar-refractivity contribution in [2.24, 2.45) is 0 Å². The van der Waals surface area contributed by atoms with Crippen molar-refractivity contribution in [3.05, 3.63) is 77.2 Å². The number of nitrogens with one attached hydrogen (secondary N) is 1. The summed E-state index contributed by atoms with van der Waals surface area (Å²) in [6, 6.07) is 11.3. The van der Waals surface area contributed by atoms with Crippen LogP contribution in [0.25, 0.3) is 0 Å². The van der Waals surface area contributed by atoms with Crippen molar-refractivity contribution in [2.75, 3.05) is 23.3 Å². The van der Waals surface area contributed by atoms with Crippen LogP contribution < -0.4 is 15.0 Å². The van der Waals surface area contributed by atoms with E-state index in [2.05, 4.69) is 31.0 Å². The number of pyridine rings is 2. The van der Waals surface area contributed by atoms with E-state index < -0.39 is 18.0 Å². The molecule has 0 radical (unpaired) electrons. The van der Waals surface area contributed by atoms with Gasteiger partial charge in [0.2, 0.25) is 0 Å². The molecule has 4 rings (SSSR count). The zero-order chi connectivity index (χ0) is 24.3. The standard InChI is InChI=1S/C24H20F3N5O2/c1-15-2-3-17(23(33)31-22-10-20(4-6-30-22)34-24(25,26)27)9-21(15)18-5-7-32(14-18)19-8-16(11-28)12-29-13-19/h2-4,6,8-10,12-13,18H,5,7,14H2,1H3,(H,30,31,33)/t18-/m1/s1. The van der Waals surface area contributed by atoms with E-state index in [9.17, 15) is 18.0 Å². The van der Waals surface area contributed by atoms with E-state index in [-0.39, 0.29) is 11.7 Å². The number of ether oxygens (including phenoxy) is 1. The maximum Gasteiger partial charge on any atom is 0.573 e. The number of alkyl halides is 3. The molecule has 3 heterocycles. The molecule has 1 aliphatic heterocycles. The number of aromatic nitrogens is 2. The van der Waals surface area contributed by atoms with Crippen LogP contribution in [0, 0.1) is 18.3 Å². The average molecular weight is 467 g/mol. The molecule has 1 atom stereocenters. The van der Waals surface area contributed by atoms with E-state index in [1.807, 2.05) is 13.0 Å². The van der Waals surface area contributed by atoms with Crippen LogP contribution in [0.15, 0.2) is 55.0 Å². The molecule has 1 aliphatic rings. The largest absolute Gasteiger partial charge is 0.573 e. The lowest BCUT2D eigenvalue weighted by atomic mass is 9.92. The van der Waals surface area contributed by atoms with Gasteiger partial charge < -0.3 is 15.0 Å². The quantitative estimate of drug-likeness (QED) is 0.580. The van der Waals surface area contributed by atoms with Gasteiger partial charge in [-0.05, 0) is 48.7 Å². The Morgan fingerprint density at radius 3 is 2.82 bits per heavy atom. The number of carbonyl (C=O) groups is 1. The molecule has 1 aromatic carbocycles. The van der Waals surface area contributed by atoms with Crippen LogP contribution in [-0.4, -0.2) is 35.3 Å². The molecule has 1 fully saturated rings. The molecule has 0 spiro atoms. The smallest absolute Gasteiger partial charge is 0.406 e. The molecule has 0 aliphatic carbocycles. The lowest BCUT2D eigenvalue weighted by Crippen LogP contribution is -2.20. The number of amides is 1. The molecule has 10 heteroatoms. The fourth-order valence-corrected chi connectivity index (χ4v) is 4.00. The van der Waals surface area contributed by atoms with Gasteiger partial charge in [0.25, 0.3) is 5.91 Å². The SMILES string of the molecule is Cc1ccc(C(=O)Nc2cc(OC(F)(F)F)ccn2)cc1[C@@H]1CCN(c2cncc(C#N)c2)C1. The number of benzene rings is 1. The minimum absolute atomic E-state index is 0.0502. The van der Waals surface area contributed by atoms with E-state index in [0.717, 1.165) is 48.1 Å². The van der Waals surface area contributed by atoms with E-state index in [1.165, 1.54) is 6.20 Å². The lowest BCUT2D eigenvalue weighted by Gasteiger charge is -2.19. The van der Waals surface area contributed by atoms with E-state index >= 15 is 0 Å². The molecular formula is C24H20F3N5O2. The normalized spacial score (nSPS) is 15.6. The maximum absolute atomic E-state index is 12.8. The first kappa shape index (κ1) is 23.0. The minimum Gasteiger partial charge on any atom is -0.406 e. The first-order valence-electron chi connectivity index (χ1n) is 10.5. The number of carbonyl (C=O) groups excluding carboxylic acids is 1. The van der Waals surface area contributed by atoms with Crippen LogP contribution in [0.2, 0.25) is 0 Å². The molecule has 0 bridgehead atoms. The fourth-order valence-electron chi connectivity index (χ4n) is 4.00. The molecule has 2 aromatic heterocycles. The Morgan fingerprint density at radius 1 is 1.24 bits per heavy atom. The molecule has 1 saturated heterocycles. The summed E-state index contributed by atoms with van der Waals surface area (Å²) < 4.78 is 41.2. The van der Waals surface area contributed by atoms with Gasteiger partial charge in [0.1, 0.15) is 17.6 Å². The predicted octanol–water partition coefficient (Wildman–Crippen LogP) is 4.80. The van der Waals surface area contributed by atoms with Crippen molar-refractivity contribution in [1.82, 2.24) is 9.97 Å². The second kappa shape index (κ2) is 9.39. The van der Waals surface area contributed by atoms with Crippen LogP contribution in [0.5, 0.6) is 5.75 Å². The Hall–Kier alpha value is -4.13. The highest BCUT2D eigenvalue weighted by atomic mass is 19.4. The van der Waals surface area contributed by atoms with Gasteiger partial charge in [-0.15, -0.1) is 13.2 Å². The number of rotatable bonds is 5. The molecule has 1 amide bonds. The Kier molecular flexibility index (Phi) is 6.36. The highest BCUT2D eigenvalue weighted by molar-refractivity contribution is 6.04. The number of nitriles is 1. The monoisotopic (exact) mass is 467 g/mol. The van der Waals surface area contributed by atoms with Crippen molar-refractivity contribution in [2.45, 2.75) is 25.6 Å². The van der Waals surface area contributed by atoms with Crippen molar-refractivity contribution >= 4 is 17.4 Å². The van der Waals surface area contributed by atoms with Crippen LogP contribution in [-0.2, 0) is 0 Å². The number of hydrogen-bond acceptors (Lipinski definition) is 6. The van der Waals surface area contributed by atoms with Gasteiger partial charge >= 0.3 is 6.36 Å². The second-order valence-electron chi connectivity index (χ2n) is 7.93. The Labute approximate surface area is 193 Å². The summed E-state index contributed by atoms with van der Waals surface area (Å²) in [6.45, 7) is 3.46. The van der Waals surface area contributed by atoms with Crippen LogP contribution in [0.1, 0.15) is 39.4 Å². The third kappa shape index (κ3) is 5.43. The van der Waals surface area contributed by atoms with Gasteiger partial charge in [-0.25, -0.2) is 4.98 Å². The number of nitrogens with zero attached hydrogens (tertiary/aromatic N) is 4. The number of hydrogen-bond donors (Lipinski definition) is 1.